The molecular formula is C11H13N. The molecule has 1 heterocycles. The summed E-state index contributed by atoms with van der Waals surface area (Å²) in [6.07, 6.45) is 1.41. The van der Waals surface area contributed by atoms with E-state index in [0.29, 0.717) is 0 Å². The molecule has 1 aromatic rings. The van der Waals surface area contributed by atoms with Crippen LogP contribution in [0.15, 0.2) is 18.2 Å². The van der Waals surface area contributed by atoms with Crippen LogP contribution in [0.5, 0.6) is 0 Å². The molecule has 1 nitrogen and oxygen atoms in total. The molecule has 1 aromatic carbocycles. The predicted molar refractivity (Wildman–Crippen MR) is 50.5 cm³/mol. The van der Waals surface area contributed by atoms with Crippen molar-refractivity contribution in [2.24, 2.45) is 5.92 Å². The molecular weight excluding hydrogens is 146 g/mol. The van der Waals surface area contributed by atoms with Gasteiger partial charge in [-0.25, -0.2) is 0 Å². The largest absolute Gasteiger partial charge is 0.385 e. The van der Waals surface area contributed by atoms with E-state index < -0.39 is 0 Å². The number of hydrogen-bond donors (Lipinski definition) is 1. The molecule has 0 spiro atoms. The van der Waals surface area contributed by atoms with Crippen LogP contribution in [0.1, 0.15) is 23.5 Å². The van der Waals surface area contributed by atoms with Crippen molar-refractivity contribution >= 4 is 5.69 Å². The van der Waals surface area contributed by atoms with Crippen LogP contribution in [0.25, 0.3) is 0 Å². The summed E-state index contributed by atoms with van der Waals surface area (Å²) in [6, 6.07) is 6.75. The third-order valence-corrected chi connectivity index (χ3v) is 3.08. The van der Waals surface area contributed by atoms with Gasteiger partial charge in [0, 0.05) is 12.2 Å². The molecule has 0 bridgehead atoms. The van der Waals surface area contributed by atoms with E-state index in [9.17, 15) is 0 Å². The molecule has 3 rings (SSSR count). The van der Waals surface area contributed by atoms with Crippen LogP contribution < -0.4 is 5.32 Å². The highest BCUT2D eigenvalue weighted by Crippen LogP contribution is 2.52. The molecule has 1 fully saturated rings. The van der Waals surface area contributed by atoms with Crippen LogP contribution in [0.4, 0.5) is 5.69 Å². The van der Waals surface area contributed by atoms with Crippen molar-refractivity contribution in [1.82, 2.24) is 0 Å². The SMILES string of the molecule is Cc1ccc2c(c1)C1CC1CN2. The van der Waals surface area contributed by atoms with Gasteiger partial charge in [0.1, 0.15) is 0 Å². The second-order valence-corrected chi connectivity index (χ2v) is 4.07. The van der Waals surface area contributed by atoms with Gasteiger partial charge in [0.15, 0.2) is 0 Å². The van der Waals surface area contributed by atoms with E-state index in [1.807, 2.05) is 0 Å². The van der Waals surface area contributed by atoms with Crippen molar-refractivity contribution in [2.45, 2.75) is 19.3 Å². The Labute approximate surface area is 72.8 Å². The second kappa shape index (κ2) is 2.03. The van der Waals surface area contributed by atoms with Gasteiger partial charge < -0.3 is 5.32 Å². The van der Waals surface area contributed by atoms with Crippen molar-refractivity contribution in [1.29, 1.82) is 0 Å². The van der Waals surface area contributed by atoms with Gasteiger partial charge >= 0.3 is 0 Å². The lowest BCUT2D eigenvalue weighted by Crippen LogP contribution is -2.11. The summed E-state index contributed by atoms with van der Waals surface area (Å²) in [4.78, 5) is 0. The molecule has 1 aliphatic heterocycles. The highest BCUT2D eigenvalue weighted by molar-refractivity contribution is 5.58. The smallest absolute Gasteiger partial charge is 0.0375 e. The molecule has 0 saturated heterocycles. The highest BCUT2D eigenvalue weighted by atomic mass is 14.9. The number of hydrogen-bond acceptors (Lipinski definition) is 1. The van der Waals surface area contributed by atoms with Gasteiger partial charge in [-0.05, 0) is 36.8 Å². The van der Waals surface area contributed by atoms with E-state index in [-0.39, 0.29) is 0 Å². The summed E-state index contributed by atoms with van der Waals surface area (Å²) < 4.78 is 0. The third kappa shape index (κ3) is 0.795. The summed E-state index contributed by atoms with van der Waals surface area (Å²) in [6.45, 7) is 3.37. The Hall–Kier alpha value is -0.980. The lowest BCUT2D eigenvalue weighted by molar-refractivity contribution is 0.816. The van der Waals surface area contributed by atoms with Gasteiger partial charge in [0.05, 0.1) is 0 Å². The Morgan fingerprint density at radius 3 is 3.25 bits per heavy atom. The monoisotopic (exact) mass is 159 g/mol. The Kier molecular flexibility index (Phi) is 1.11. The summed E-state index contributed by atoms with van der Waals surface area (Å²) in [7, 11) is 0. The number of nitrogens with one attached hydrogen (secondary N) is 1. The maximum Gasteiger partial charge on any atom is 0.0375 e. The minimum Gasteiger partial charge on any atom is -0.385 e. The topological polar surface area (TPSA) is 12.0 Å². The maximum atomic E-state index is 3.48. The van der Waals surface area contributed by atoms with Crippen LogP contribution in [0, 0.1) is 12.8 Å². The van der Waals surface area contributed by atoms with Crippen LogP contribution in [0.2, 0.25) is 0 Å². The van der Waals surface area contributed by atoms with Gasteiger partial charge in [-0.2, -0.15) is 0 Å². The van der Waals surface area contributed by atoms with Gasteiger partial charge in [-0.15, -0.1) is 0 Å². The summed E-state index contributed by atoms with van der Waals surface area (Å²) >= 11 is 0. The Balaban J connectivity index is 2.14. The Morgan fingerprint density at radius 1 is 1.42 bits per heavy atom. The van der Waals surface area contributed by atoms with Crippen LogP contribution in [-0.2, 0) is 0 Å². The highest BCUT2D eigenvalue weighted by Gasteiger charge is 2.42. The number of fused-ring (bicyclic) bond motifs is 3. The van der Waals surface area contributed by atoms with E-state index in [1.165, 1.54) is 24.2 Å². The van der Waals surface area contributed by atoms with Gasteiger partial charge in [0.2, 0.25) is 0 Å². The third-order valence-electron chi connectivity index (χ3n) is 3.08. The van der Waals surface area contributed by atoms with Crippen molar-refractivity contribution in [3.63, 3.8) is 0 Å². The van der Waals surface area contributed by atoms with E-state index in [1.54, 1.807) is 5.56 Å². The first-order valence-corrected chi connectivity index (χ1v) is 4.69. The Morgan fingerprint density at radius 2 is 2.33 bits per heavy atom. The van der Waals surface area contributed by atoms with E-state index in [0.717, 1.165) is 11.8 Å². The van der Waals surface area contributed by atoms with Crippen LogP contribution >= 0.6 is 0 Å². The fraction of sp³-hybridized carbons (Fsp3) is 0.455. The fourth-order valence-electron chi connectivity index (χ4n) is 2.25. The molecule has 2 aliphatic rings. The second-order valence-electron chi connectivity index (χ2n) is 4.07. The van der Waals surface area contributed by atoms with Crippen molar-refractivity contribution < 1.29 is 0 Å². The van der Waals surface area contributed by atoms with E-state index in [4.69, 9.17) is 0 Å². The van der Waals surface area contributed by atoms with Crippen molar-refractivity contribution in [3.8, 4) is 0 Å². The number of anilines is 1. The summed E-state index contributed by atoms with van der Waals surface area (Å²) in [5, 5.41) is 3.48. The number of aryl methyl sites for hydroxylation is 1. The zero-order chi connectivity index (χ0) is 8.13. The molecule has 0 radical (unpaired) electrons. The zero-order valence-electron chi connectivity index (χ0n) is 7.30. The summed E-state index contributed by atoms with van der Waals surface area (Å²) in [5.41, 5.74) is 4.33. The first-order valence-electron chi connectivity index (χ1n) is 4.69. The van der Waals surface area contributed by atoms with Crippen molar-refractivity contribution in [2.75, 3.05) is 11.9 Å². The lowest BCUT2D eigenvalue weighted by atomic mass is 10.0. The molecule has 0 aromatic heterocycles. The molecule has 62 valence electrons. The standard InChI is InChI=1S/C11H13N/c1-7-2-3-11-10(4-7)9-5-8(9)6-12-11/h2-4,8-9,12H,5-6H2,1H3. The fourth-order valence-corrected chi connectivity index (χ4v) is 2.25. The van der Waals surface area contributed by atoms with Crippen molar-refractivity contribution in [3.05, 3.63) is 29.3 Å². The molecule has 2 unspecified atom stereocenters. The first kappa shape index (κ1) is 6.53. The molecule has 1 heteroatoms. The molecule has 1 N–H and O–H groups in total. The minimum atomic E-state index is 0.890. The lowest BCUT2D eigenvalue weighted by Gasteiger charge is -2.17. The average molecular weight is 159 g/mol. The van der Waals surface area contributed by atoms with Gasteiger partial charge in [0.25, 0.3) is 0 Å². The van der Waals surface area contributed by atoms with Crippen LogP contribution in [0.3, 0.4) is 0 Å². The summed E-state index contributed by atoms with van der Waals surface area (Å²) in [5.74, 6) is 1.83. The first-order chi connectivity index (χ1) is 5.84. The van der Waals surface area contributed by atoms with Gasteiger partial charge in [-0.3, -0.25) is 0 Å². The molecule has 0 amide bonds. The Bertz CT molecular complexity index is 330. The number of rotatable bonds is 0. The van der Waals surface area contributed by atoms with Gasteiger partial charge in [-0.1, -0.05) is 17.7 Å². The normalized spacial score (nSPS) is 30.1. The minimum absolute atomic E-state index is 0.890. The predicted octanol–water partition coefficient (Wildman–Crippen LogP) is 2.52. The van der Waals surface area contributed by atoms with E-state index >= 15 is 0 Å². The number of benzene rings is 1. The van der Waals surface area contributed by atoms with Crippen LogP contribution in [-0.4, -0.2) is 6.54 Å². The average Bonchev–Trinajstić information content (AvgIpc) is 2.82. The molecule has 2 atom stereocenters. The molecule has 1 aliphatic carbocycles. The zero-order valence-corrected chi connectivity index (χ0v) is 7.30. The maximum absolute atomic E-state index is 3.48. The molecule has 1 saturated carbocycles. The molecule has 12 heavy (non-hydrogen) atoms. The van der Waals surface area contributed by atoms with E-state index in [2.05, 4.69) is 30.4 Å². The quantitative estimate of drug-likeness (QED) is 0.613.